The molecule has 1 amide bonds. The molecule has 1 N–H and O–H groups in total. The van der Waals surface area contributed by atoms with Crippen molar-refractivity contribution in [3.63, 3.8) is 0 Å². The molecule has 0 fully saturated rings. The normalized spacial score (nSPS) is 10.2. The lowest BCUT2D eigenvalue weighted by molar-refractivity contribution is 0.0954. The van der Waals surface area contributed by atoms with E-state index >= 15 is 0 Å². The van der Waals surface area contributed by atoms with Gasteiger partial charge in [-0.15, -0.1) is 0 Å². The first-order valence-corrected chi connectivity index (χ1v) is 8.25. The molecule has 0 unspecified atom stereocenters. The molecule has 0 spiro atoms. The Hall–Kier alpha value is -2.42. The summed E-state index contributed by atoms with van der Waals surface area (Å²) < 4.78 is 0. The molecule has 0 aliphatic rings. The summed E-state index contributed by atoms with van der Waals surface area (Å²) in [4.78, 5) is 12.2. The summed E-state index contributed by atoms with van der Waals surface area (Å²) in [6.45, 7) is 4.24. The van der Waals surface area contributed by atoms with Crippen LogP contribution in [0, 0.1) is 0 Å². The Labute approximate surface area is 138 Å². The maximum Gasteiger partial charge on any atom is 0.271 e. The van der Waals surface area contributed by atoms with Crippen molar-refractivity contribution in [1.82, 2.24) is 5.43 Å². The highest BCUT2D eigenvalue weighted by atomic mass is 16.2. The number of hydrazone groups is 1. The SMILES string of the molecule is CCCC(CCC)=NNC(=O)c1ccc(-c2ccccc2)cc1. The van der Waals surface area contributed by atoms with Crippen LogP contribution < -0.4 is 5.43 Å². The van der Waals surface area contributed by atoms with Crippen molar-refractivity contribution in [2.45, 2.75) is 39.5 Å². The molecule has 0 bridgehead atoms. The van der Waals surface area contributed by atoms with Crippen LogP contribution in [0.1, 0.15) is 49.9 Å². The van der Waals surface area contributed by atoms with Gasteiger partial charge >= 0.3 is 0 Å². The maximum absolute atomic E-state index is 12.2. The third-order valence-corrected chi connectivity index (χ3v) is 3.65. The number of benzene rings is 2. The lowest BCUT2D eigenvalue weighted by Gasteiger charge is -2.06. The van der Waals surface area contributed by atoms with E-state index in [9.17, 15) is 4.79 Å². The Morgan fingerprint density at radius 1 is 0.870 bits per heavy atom. The predicted molar refractivity (Wildman–Crippen MR) is 96.6 cm³/mol. The van der Waals surface area contributed by atoms with E-state index < -0.39 is 0 Å². The number of nitrogens with zero attached hydrogens (tertiary/aromatic N) is 1. The van der Waals surface area contributed by atoms with E-state index in [0.717, 1.165) is 42.5 Å². The van der Waals surface area contributed by atoms with Crippen LogP contribution in [0.5, 0.6) is 0 Å². The van der Waals surface area contributed by atoms with Crippen LogP contribution in [0.25, 0.3) is 11.1 Å². The molecular formula is C20H24N2O. The average Bonchev–Trinajstić information content (AvgIpc) is 2.61. The summed E-state index contributed by atoms with van der Waals surface area (Å²) >= 11 is 0. The first kappa shape index (κ1) is 16.9. The van der Waals surface area contributed by atoms with Crippen molar-refractivity contribution in [2.24, 2.45) is 5.10 Å². The van der Waals surface area contributed by atoms with Crippen molar-refractivity contribution >= 4 is 11.6 Å². The van der Waals surface area contributed by atoms with Crippen LogP contribution >= 0.6 is 0 Å². The first-order valence-electron chi connectivity index (χ1n) is 8.25. The van der Waals surface area contributed by atoms with Crippen LogP contribution in [-0.2, 0) is 0 Å². The van der Waals surface area contributed by atoms with Gasteiger partial charge in [0.25, 0.3) is 5.91 Å². The molecule has 3 nitrogen and oxygen atoms in total. The smallest absolute Gasteiger partial charge is 0.267 e. The fourth-order valence-corrected chi connectivity index (χ4v) is 2.45. The minimum atomic E-state index is -0.158. The van der Waals surface area contributed by atoms with Crippen molar-refractivity contribution in [3.05, 3.63) is 60.2 Å². The van der Waals surface area contributed by atoms with Crippen LogP contribution in [-0.4, -0.2) is 11.6 Å². The lowest BCUT2D eigenvalue weighted by atomic mass is 10.0. The van der Waals surface area contributed by atoms with Gasteiger partial charge in [0.05, 0.1) is 0 Å². The molecule has 2 aromatic rings. The van der Waals surface area contributed by atoms with Gasteiger partial charge in [0.15, 0.2) is 0 Å². The number of hydrogen-bond acceptors (Lipinski definition) is 2. The van der Waals surface area contributed by atoms with Gasteiger partial charge < -0.3 is 0 Å². The molecule has 0 aliphatic carbocycles. The monoisotopic (exact) mass is 308 g/mol. The summed E-state index contributed by atoms with van der Waals surface area (Å²) in [5.74, 6) is -0.158. The Morgan fingerprint density at radius 2 is 1.43 bits per heavy atom. The van der Waals surface area contributed by atoms with Gasteiger partial charge in [-0.25, -0.2) is 5.43 Å². The van der Waals surface area contributed by atoms with Crippen molar-refractivity contribution in [1.29, 1.82) is 0 Å². The highest BCUT2D eigenvalue weighted by Gasteiger charge is 2.06. The van der Waals surface area contributed by atoms with Gasteiger partial charge in [-0.3, -0.25) is 4.79 Å². The van der Waals surface area contributed by atoms with Crippen molar-refractivity contribution in [3.8, 4) is 11.1 Å². The zero-order valence-electron chi connectivity index (χ0n) is 13.9. The first-order chi connectivity index (χ1) is 11.2. The topological polar surface area (TPSA) is 41.5 Å². The van der Waals surface area contributed by atoms with E-state index in [-0.39, 0.29) is 5.91 Å². The highest BCUT2D eigenvalue weighted by Crippen LogP contribution is 2.19. The molecule has 0 saturated carbocycles. The van der Waals surface area contributed by atoms with Crippen LogP contribution in [0.4, 0.5) is 0 Å². The standard InChI is InChI=1S/C20H24N2O/c1-3-8-19(9-4-2)21-22-20(23)18-14-12-17(13-15-18)16-10-6-5-7-11-16/h5-7,10-15H,3-4,8-9H2,1-2H3,(H,22,23). The molecule has 0 aromatic heterocycles. The van der Waals surface area contributed by atoms with E-state index in [1.54, 1.807) is 0 Å². The molecule has 0 heterocycles. The summed E-state index contributed by atoms with van der Waals surface area (Å²) in [6, 6.07) is 17.7. The quantitative estimate of drug-likeness (QED) is 0.565. The number of nitrogens with one attached hydrogen (secondary N) is 1. The minimum absolute atomic E-state index is 0.158. The number of carbonyl (C=O) groups excluding carboxylic acids is 1. The Balaban J connectivity index is 2.04. The Morgan fingerprint density at radius 3 is 2.00 bits per heavy atom. The molecule has 0 atom stereocenters. The molecular weight excluding hydrogens is 284 g/mol. The fraction of sp³-hybridized carbons (Fsp3) is 0.300. The minimum Gasteiger partial charge on any atom is -0.267 e. The van der Waals surface area contributed by atoms with E-state index in [2.05, 4.69) is 36.5 Å². The molecule has 0 aliphatic heterocycles. The zero-order chi connectivity index (χ0) is 16.5. The van der Waals surface area contributed by atoms with Gasteiger partial charge in [-0.1, -0.05) is 69.2 Å². The van der Waals surface area contributed by atoms with E-state index in [4.69, 9.17) is 0 Å². The lowest BCUT2D eigenvalue weighted by Crippen LogP contribution is -2.19. The third kappa shape index (κ3) is 5.06. The molecule has 2 rings (SSSR count). The van der Waals surface area contributed by atoms with Crippen LogP contribution in [0.2, 0.25) is 0 Å². The van der Waals surface area contributed by atoms with Crippen LogP contribution in [0.3, 0.4) is 0 Å². The molecule has 3 heteroatoms. The third-order valence-electron chi connectivity index (χ3n) is 3.65. The van der Waals surface area contributed by atoms with Gasteiger partial charge in [0.1, 0.15) is 0 Å². The largest absolute Gasteiger partial charge is 0.271 e. The van der Waals surface area contributed by atoms with Crippen LogP contribution in [0.15, 0.2) is 59.7 Å². The summed E-state index contributed by atoms with van der Waals surface area (Å²) in [6.07, 6.45) is 3.95. The van der Waals surface area contributed by atoms with Gasteiger partial charge in [-0.05, 0) is 36.1 Å². The molecule has 0 saturated heterocycles. The summed E-state index contributed by atoms with van der Waals surface area (Å²) in [5, 5.41) is 4.28. The number of rotatable bonds is 7. The van der Waals surface area contributed by atoms with E-state index in [1.807, 2.05) is 42.5 Å². The fourth-order valence-electron chi connectivity index (χ4n) is 2.45. The summed E-state index contributed by atoms with van der Waals surface area (Å²) in [5.41, 5.74) is 6.61. The maximum atomic E-state index is 12.2. The Kier molecular flexibility index (Phi) is 6.55. The second-order valence-corrected chi connectivity index (χ2v) is 5.56. The summed E-state index contributed by atoms with van der Waals surface area (Å²) in [7, 11) is 0. The number of hydrogen-bond donors (Lipinski definition) is 1. The zero-order valence-corrected chi connectivity index (χ0v) is 13.9. The van der Waals surface area contributed by atoms with E-state index in [0.29, 0.717) is 5.56 Å². The second-order valence-electron chi connectivity index (χ2n) is 5.56. The molecule has 0 radical (unpaired) electrons. The molecule has 2 aromatic carbocycles. The molecule has 120 valence electrons. The number of carbonyl (C=O) groups is 1. The van der Waals surface area contributed by atoms with Gasteiger partial charge in [0, 0.05) is 11.3 Å². The predicted octanol–water partition coefficient (Wildman–Crippen LogP) is 5.04. The van der Waals surface area contributed by atoms with Crippen molar-refractivity contribution in [2.75, 3.05) is 0 Å². The van der Waals surface area contributed by atoms with Gasteiger partial charge in [0.2, 0.25) is 0 Å². The average molecular weight is 308 g/mol. The van der Waals surface area contributed by atoms with Gasteiger partial charge in [-0.2, -0.15) is 5.10 Å². The van der Waals surface area contributed by atoms with E-state index in [1.165, 1.54) is 0 Å². The Bertz CT molecular complexity index is 637. The second kappa shape index (κ2) is 8.89. The molecule has 23 heavy (non-hydrogen) atoms. The highest BCUT2D eigenvalue weighted by molar-refractivity contribution is 5.95. The number of amides is 1. The van der Waals surface area contributed by atoms with Crippen molar-refractivity contribution < 1.29 is 4.79 Å².